The predicted molar refractivity (Wildman–Crippen MR) is 81.1 cm³/mol. The zero-order valence-corrected chi connectivity index (χ0v) is 12.0. The van der Waals surface area contributed by atoms with E-state index in [-0.39, 0.29) is 18.4 Å². The molecule has 4 heteroatoms. The number of para-hydroxylation sites is 1. The fourth-order valence-electron chi connectivity index (χ4n) is 1.93. The van der Waals surface area contributed by atoms with E-state index in [0.29, 0.717) is 13.0 Å². The van der Waals surface area contributed by atoms with Gasteiger partial charge in [-0.1, -0.05) is 48.5 Å². The molecule has 0 unspecified atom stereocenters. The molecule has 2 aromatic carbocycles. The van der Waals surface area contributed by atoms with Gasteiger partial charge in [0.15, 0.2) is 0 Å². The topological polar surface area (TPSA) is 49.8 Å². The first-order valence-corrected chi connectivity index (χ1v) is 6.85. The molecule has 0 saturated carbocycles. The van der Waals surface area contributed by atoms with Crippen molar-refractivity contribution in [3.63, 3.8) is 0 Å². The molecule has 0 radical (unpaired) electrons. The van der Waals surface area contributed by atoms with Gasteiger partial charge in [0.25, 0.3) is 0 Å². The first-order valence-electron chi connectivity index (χ1n) is 6.85. The minimum atomic E-state index is -0.366. The highest BCUT2D eigenvalue weighted by Crippen LogP contribution is 2.16. The maximum atomic E-state index is 11.9. The second kappa shape index (κ2) is 7.33. The highest BCUT2D eigenvalue weighted by molar-refractivity contribution is 5.67. The Hall–Kier alpha value is -2.49. The Morgan fingerprint density at radius 1 is 1.10 bits per heavy atom. The van der Waals surface area contributed by atoms with Crippen LogP contribution in [-0.4, -0.2) is 29.7 Å². The van der Waals surface area contributed by atoms with Crippen LogP contribution in [0, 0.1) is 0 Å². The summed E-state index contributed by atoms with van der Waals surface area (Å²) >= 11 is 0. The van der Waals surface area contributed by atoms with Gasteiger partial charge in [0, 0.05) is 13.6 Å². The summed E-state index contributed by atoms with van der Waals surface area (Å²) in [6.45, 7) is 0.756. The van der Waals surface area contributed by atoms with Crippen molar-refractivity contribution in [3.8, 4) is 5.75 Å². The molecule has 0 aromatic heterocycles. The van der Waals surface area contributed by atoms with Crippen LogP contribution >= 0.6 is 0 Å². The summed E-state index contributed by atoms with van der Waals surface area (Å²) in [6, 6.07) is 16.7. The quantitative estimate of drug-likeness (QED) is 0.917. The van der Waals surface area contributed by atoms with Gasteiger partial charge < -0.3 is 14.7 Å². The molecule has 1 amide bonds. The first kappa shape index (κ1) is 14.9. The lowest BCUT2D eigenvalue weighted by Crippen LogP contribution is -2.29. The van der Waals surface area contributed by atoms with Crippen molar-refractivity contribution >= 4 is 6.09 Å². The van der Waals surface area contributed by atoms with Crippen LogP contribution < -0.4 is 0 Å². The Kier molecular flexibility index (Phi) is 5.21. The van der Waals surface area contributed by atoms with E-state index < -0.39 is 0 Å². The number of aromatic hydroxyl groups is 1. The average molecular weight is 285 g/mol. The maximum absolute atomic E-state index is 11.9. The first-order chi connectivity index (χ1) is 10.2. The molecular weight excluding hydrogens is 266 g/mol. The summed E-state index contributed by atoms with van der Waals surface area (Å²) in [7, 11) is 1.69. The fraction of sp³-hybridized carbons (Fsp3) is 0.235. The Morgan fingerprint density at radius 2 is 1.76 bits per heavy atom. The summed E-state index contributed by atoms with van der Waals surface area (Å²) < 4.78 is 5.23. The lowest BCUT2D eigenvalue weighted by molar-refractivity contribution is 0.105. The highest BCUT2D eigenvalue weighted by atomic mass is 16.6. The Balaban J connectivity index is 1.79. The molecule has 110 valence electrons. The fourth-order valence-corrected chi connectivity index (χ4v) is 1.93. The van der Waals surface area contributed by atoms with Gasteiger partial charge in [-0.3, -0.25) is 0 Å². The summed E-state index contributed by atoms with van der Waals surface area (Å²) in [5.74, 6) is 0.253. The largest absolute Gasteiger partial charge is 0.508 e. The third-order valence-corrected chi connectivity index (χ3v) is 3.22. The second-order valence-electron chi connectivity index (χ2n) is 4.84. The molecule has 21 heavy (non-hydrogen) atoms. The number of hydrogen-bond donors (Lipinski definition) is 1. The van der Waals surface area contributed by atoms with Gasteiger partial charge in [0.2, 0.25) is 0 Å². The van der Waals surface area contributed by atoms with Crippen molar-refractivity contribution in [2.45, 2.75) is 13.0 Å². The van der Waals surface area contributed by atoms with Gasteiger partial charge in [-0.05, 0) is 23.6 Å². The second-order valence-corrected chi connectivity index (χ2v) is 4.84. The molecule has 0 fully saturated rings. The summed E-state index contributed by atoms with van der Waals surface area (Å²) in [5.41, 5.74) is 1.78. The normalized spacial score (nSPS) is 10.1. The van der Waals surface area contributed by atoms with E-state index >= 15 is 0 Å². The number of rotatable bonds is 5. The minimum absolute atomic E-state index is 0.253. The molecule has 2 rings (SSSR count). The average Bonchev–Trinajstić information content (AvgIpc) is 2.52. The van der Waals surface area contributed by atoms with Gasteiger partial charge in [-0.2, -0.15) is 0 Å². The van der Waals surface area contributed by atoms with E-state index in [1.165, 1.54) is 4.90 Å². The number of hydrogen-bond acceptors (Lipinski definition) is 3. The van der Waals surface area contributed by atoms with Gasteiger partial charge in [0.05, 0.1) is 0 Å². The van der Waals surface area contributed by atoms with Crippen LogP contribution in [0.1, 0.15) is 11.1 Å². The monoisotopic (exact) mass is 285 g/mol. The number of ether oxygens (including phenoxy) is 1. The van der Waals surface area contributed by atoms with E-state index in [1.54, 1.807) is 19.2 Å². The van der Waals surface area contributed by atoms with E-state index in [1.807, 2.05) is 42.5 Å². The van der Waals surface area contributed by atoms with Gasteiger partial charge in [-0.25, -0.2) is 4.79 Å². The van der Waals surface area contributed by atoms with Gasteiger partial charge >= 0.3 is 6.09 Å². The number of benzene rings is 2. The van der Waals surface area contributed by atoms with Crippen molar-refractivity contribution in [1.82, 2.24) is 4.90 Å². The van der Waals surface area contributed by atoms with Crippen LogP contribution in [0.25, 0.3) is 0 Å². The molecular formula is C17H19NO3. The van der Waals surface area contributed by atoms with Gasteiger partial charge in [-0.15, -0.1) is 0 Å². The van der Waals surface area contributed by atoms with E-state index in [2.05, 4.69) is 0 Å². The number of likely N-dealkylation sites (N-methyl/N-ethyl adjacent to an activating group) is 1. The molecule has 4 nitrogen and oxygen atoms in total. The molecule has 0 heterocycles. The number of phenols is 1. The van der Waals surface area contributed by atoms with Crippen LogP contribution in [-0.2, 0) is 17.8 Å². The number of amides is 1. The Labute approximate surface area is 124 Å². The van der Waals surface area contributed by atoms with E-state index in [0.717, 1.165) is 11.1 Å². The molecule has 0 atom stereocenters. The lowest BCUT2D eigenvalue weighted by atomic mass is 10.1. The third-order valence-electron chi connectivity index (χ3n) is 3.22. The molecule has 0 spiro atoms. The molecule has 2 aromatic rings. The summed E-state index contributed by atoms with van der Waals surface area (Å²) in [5, 5.41) is 9.68. The molecule has 0 saturated heterocycles. The predicted octanol–water partition coefficient (Wildman–Crippen LogP) is 3.20. The standard InChI is InChI=1S/C17H19NO3/c1-18(12-11-15-9-5-6-10-16(15)19)17(20)21-13-14-7-3-2-4-8-14/h2-10,19H,11-13H2,1H3. The van der Waals surface area contributed by atoms with Gasteiger partial charge in [0.1, 0.15) is 12.4 Å². The van der Waals surface area contributed by atoms with Crippen LogP contribution in [0.4, 0.5) is 4.79 Å². The number of carbonyl (C=O) groups excluding carboxylic acids is 1. The SMILES string of the molecule is CN(CCc1ccccc1O)C(=O)OCc1ccccc1. The van der Waals surface area contributed by atoms with Crippen molar-refractivity contribution in [1.29, 1.82) is 0 Å². The lowest BCUT2D eigenvalue weighted by Gasteiger charge is -2.17. The molecule has 0 aliphatic rings. The highest BCUT2D eigenvalue weighted by Gasteiger charge is 2.11. The zero-order valence-electron chi connectivity index (χ0n) is 12.0. The number of phenolic OH excluding ortho intramolecular Hbond substituents is 1. The summed E-state index contributed by atoms with van der Waals surface area (Å²) in [4.78, 5) is 13.4. The van der Waals surface area contributed by atoms with Crippen LogP contribution in [0.5, 0.6) is 5.75 Å². The zero-order chi connectivity index (χ0) is 15.1. The smallest absolute Gasteiger partial charge is 0.409 e. The Morgan fingerprint density at radius 3 is 2.48 bits per heavy atom. The van der Waals surface area contributed by atoms with Crippen LogP contribution in [0.15, 0.2) is 54.6 Å². The maximum Gasteiger partial charge on any atom is 0.409 e. The van der Waals surface area contributed by atoms with Crippen molar-refractivity contribution in [2.24, 2.45) is 0 Å². The Bertz CT molecular complexity index is 584. The number of carbonyl (C=O) groups is 1. The number of nitrogens with zero attached hydrogens (tertiary/aromatic N) is 1. The minimum Gasteiger partial charge on any atom is -0.508 e. The molecule has 0 aliphatic heterocycles. The third kappa shape index (κ3) is 4.53. The van der Waals surface area contributed by atoms with Crippen LogP contribution in [0.2, 0.25) is 0 Å². The molecule has 0 bridgehead atoms. The summed E-state index contributed by atoms with van der Waals surface area (Å²) in [6.07, 6.45) is 0.221. The van der Waals surface area contributed by atoms with Crippen molar-refractivity contribution in [2.75, 3.05) is 13.6 Å². The van der Waals surface area contributed by atoms with E-state index in [9.17, 15) is 9.90 Å². The molecule has 1 N–H and O–H groups in total. The van der Waals surface area contributed by atoms with Crippen molar-refractivity contribution < 1.29 is 14.6 Å². The van der Waals surface area contributed by atoms with Crippen LogP contribution in [0.3, 0.4) is 0 Å². The van der Waals surface area contributed by atoms with E-state index in [4.69, 9.17) is 4.74 Å². The molecule has 0 aliphatic carbocycles. The van der Waals surface area contributed by atoms with Crippen molar-refractivity contribution in [3.05, 3.63) is 65.7 Å².